The molecule has 2 heterocycles. The molecular weight excluding hydrogens is 550 g/mol. The van der Waals surface area contributed by atoms with Crippen molar-refractivity contribution in [3.63, 3.8) is 0 Å². The zero-order valence-electron chi connectivity index (χ0n) is 25.6. The van der Waals surface area contributed by atoms with Gasteiger partial charge in [0.2, 0.25) is 0 Å². The van der Waals surface area contributed by atoms with Crippen LogP contribution >= 0.6 is 0 Å². The fraction of sp³-hybridized carbons (Fsp3) is 0.351. The van der Waals surface area contributed by atoms with Gasteiger partial charge in [-0.2, -0.15) is 0 Å². The molecule has 2 N–H and O–H groups in total. The van der Waals surface area contributed by atoms with E-state index in [1.807, 2.05) is 37.6 Å². The average molecular weight is 600 g/mol. The number of rotatable bonds is 8. The largest absolute Gasteiger partial charge is 0.469 e. The second-order valence-corrected chi connectivity index (χ2v) is 10.6. The molecule has 44 heavy (non-hydrogen) atoms. The SMILES string of the molecule is C.C.COC(=O)C[C@H](C)c1cncc(-c2c(C)cccc2C)c1.COC(=O)C[C@H](N)c1cncc(-c2c(C)cccc2C)c1. The molecule has 0 unspecified atom stereocenters. The first kappa shape index (κ1) is 37.7. The predicted molar refractivity (Wildman–Crippen MR) is 180 cm³/mol. The van der Waals surface area contributed by atoms with E-state index in [2.05, 4.69) is 78.8 Å². The molecule has 0 aliphatic heterocycles. The Morgan fingerprint density at radius 2 is 1.07 bits per heavy atom. The van der Waals surface area contributed by atoms with Gasteiger partial charge in [-0.05, 0) is 90.3 Å². The van der Waals surface area contributed by atoms with Crippen molar-refractivity contribution in [3.05, 3.63) is 107 Å². The first-order valence-electron chi connectivity index (χ1n) is 14.0. The van der Waals surface area contributed by atoms with Gasteiger partial charge in [0.25, 0.3) is 0 Å². The van der Waals surface area contributed by atoms with Crippen LogP contribution in [-0.2, 0) is 19.1 Å². The monoisotopic (exact) mass is 599 g/mol. The Kier molecular flexibility index (Phi) is 15.1. The molecule has 0 aliphatic carbocycles. The zero-order valence-corrected chi connectivity index (χ0v) is 25.6. The molecule has 4 aromatic rings. The summed E-state index contributed by atoms with van der Waals surface area (Å²) in [7, 11) is 2.78. The molecule has 0 saturated carbocycles. The molecule has 0 bridgehead atoms. The van der Waals surface area contributed by atoms with Crippen LogP contribution < -0.4 is 5.73 Å². The summed E-state index contributed by atoms with van der Waals surface area (Å²) >= 11 is 0. The number of hydrogen-bond acceptors (Lipinski definition) is 7. The third-order valence-corrected chi connectivity index (χ3v) is 7.37. The van der Waals surface area contributed by atoms with E-state index in [1.54, 1.807) is 6.20 Å². The number of esters is 2. The van der Waals surface area contributed by atoms with Gasteiger partial charge in [-0.25, -0.2) is 0 Å². The van der Waals surface area contributed by atoms with Gasteiger partial charge in [0.05, 0.1) is 27.1 Å². The van der Waals surface area contributed by atoms with E-state index in [1.165, 1.54) is 42.0 Å². The van der Waals surface area contributed by atoms with E-state index in [9.17, 15) is 9.59 Å². The van der Waals surface area contributed by atoms with Crippen molar-refractivity contribution in [2.75, 3.05) is 14.2 Å². The van der Waals surface area contributed by atoms with Crippen LogP contribution in [0.4, 0.5) is 0 Å². The molecule has 2 aromatic heterocycles. The van der Waals surface area contributed by atoms with Crippen molar-refractivity contribution < 1.29 is 19.1 Å². The third kappa shape index (κ3) is 9.85. The lowest BCUT2D eigenvalue weighted by molar-refractivity contribution is -0.141. The van der Waals surface area contributed by atoms with Gasteiger partial charge in [0, 0.05) is 42.0 Å². The van der Waals surface area contributed by atoms with E-state index in [0.717, 1.165) is 27.8 Å². The molecule has 0 saturated heterocycles. The van der Waals surface area contributed by atoms with Crippen LogP contribution in [0, 0.1) is 27.7 Å². The van der Waals surface area contributed by atoms with Crippen molar-refractivity contribution in [1.82, 2.24) is 9.97 Å². The van der Waals surface area contributed by atoms with Crippen LogP contribution in [0.25, 0.3) is 22.3 Å². The van der Waals surface area contributed by atoms with Gasteiger partial charge < -0.3 is 15.2 Å². The Morgan fingerprint density at radius 3 is 1.50 bits per heavy atom. The molecule has 2 atom stereocenters. The molecule has 0 radical (unpaired) electrons. The molecule has 4 rings (SSSR count). The van der Waals surface area contributed by atoms with E-state index in [4.69, 9.17) is 10.5 Å². The van der Waals surface area contributed by atoms with Crippen LogP contribution in [0.2, 0.25) is 0 Å². The van der Waals surface area contributed by atoms with E-state index in [-0.39, 0.29) is 39.1 Å². The standard InChI is InChI=1S/C18H21NO2.C17H20N2O2.2CH4/c1-12-6-5-7-13(2)18(12)16-9-15(10-19-11-16)14(3)8-17(20)21-4;1-11-5-4-6-12(2)17(11)14-7-13(9-19-10-14)15(18)8-16(20)21-3;;/h5-7,9-11,14H,8H2,1-4H3;4-7,9-10,15H,8,18H2,1-3H3;2*1H4/t14-;15-;;/m00../s1. The van der Waals surface area contributed by atoms with Crippen LogP contribution in [0.5, 0.6) is 0 Å². The number of aromatic nitrogens is 2. The second-order valence-electron chi connectivity index (χ2n) is 10.6. The van der Waals surface area contributed by atoms with Gasteiger partial charge in [0.15, 0.2) is 0 Å². The van der Waals surface area contributed by atoms with Gasteiger partial charge in [0.1, 0.15) is 0 Å². The fourth-order valence-electron chi connectivity index (χ4n) is 5.03. The summed E-state index contributed by atoms with van der Waals surface area (Å²) in [6, 6.07) is 16.2. The summed E-state index contributed by atoms with van der Waals surface area (Å²) in [5.41, 5.74) is 17.3. The van der Waals surface area contributed by atoms with Gasteiger partial charge in [-0.3, -0.25) is 19.6 Å². The highest BCUT2D eigenvalue weighted by Crippen LogP contribution is 2.30. The number of aryl methyl sites for hydroxylation is 4. The summed E-state index contributed by atoms with van der Waals surface area (Å²) in [5, 5.41) is 0. The average Bonchev–Trinajstić information content (AvgIpc) is 2.97. The van der Waals surface area contributed by atoms with E-state index in [0.29, 0.717) is 6.42 Å². The number of carbonyl (C=O) groups excluding carboxylic acids is 2. The minimum absolute atomic E-state index is 0. The zero-order chi connectivity index (χ0) is 30.8. The van der Waals surface area contributed by atoms with Crippen molar-refractivity contribution in [2.24, 2.45) is 5.73 Å². The van der Waals surface area contributed by atoms with Gasteiger partial charge >= 0.3 is 11.9 Å². The Bertz CT molecular complexity index is 1380. The number of pyridine rings is 2. The van der Waals surface area contributed by atoms with E-state index >= 15 is 0 Å². The van der Waals surface area contributed by atoms with Crippen LogP contribution in [0.1, 0.15) is 80.0 Å². The lowest BCUT2D eigenvalue weighted by Gasteiger charge is -2.14. The smallest absolute Gasteiger partial charge is 0.307 e. The minimum atomic E-state index is -0.408. The van der Waals surface area contributed by atoms with Crippen LogP contribution in [0.3, 0.4) is 0 Å². The lowest BCUT2D eigenvalue weighted by Crippen LogP contribution is -2.16. The number of ether oxygens (including phenoxy) is 2. The number of methoxy groups -OCH3 is 2. The topological polar surface area (TPSA) is 104 Å². The molecule has 7 heteroatoms. The third-order valence-electron chi connectivity index (χ3n) is 7.37. The normalized spacial score (nSPS) is 11.5. The maximum atomic E-state index is 11.4. The highest BCUT2D eigenvalue weighted by Gasteiger charge is 2.15. The molecule has 0 fully saturated rings. The summed E-state index contributed by atoms with van der Waals surface area (Å²) in [5.74, 6) is -0.422. The quantitative estimate of drug-likeness (QED) is 0.203. The van der Waals surface area contributed by atoms with Crippen molar-refractivity contribution in [3.8, 4) is 22.3 Å². The van der Waals surface area contributed by atoms with Crippen molar-refractivity contribution >= 4 is 11.9 Å². The first-order valence-corrected chi connectivity index (χ1v) is 14.0. The van der Waals surface area contributed by atoms with Gasteiger partial charge in [-0.15, -0.1) is 0 Å². The number of nitrogens with zero attached hydrogens (tertiary/aromatic N) is 2. The van der Waals surface area contributed by atoms with E-state index < -0.39 is 6.04 Å². The number of nitrogens with two attached hydrogens (primary N) is 1. The summed E-state index contributed by atoms with van der Waals surface area (Å²) < 4.78 is 9.39. The summed E-state index contributed by atoms with van der Waals surface area (Å²) in [6.07, 6.45) is 7.74. The number of benzene rings is 2. The predicted octanol–water partition coefficient (Wildman–Crippen LogP) is 8.23. The Labute approximate surface area is 263 Å². The second kappa shape index (κ2) is 17.7. The van der Waals surface area contributed by atoms with Crippen molar-refractivity contribution in [2.45, 2.75) is 74.3 Å². The molecule has 0 amide bonds. The molecule has 236 valence electrons. The highest BCUT2D eigenvalue weighted by molar-refractivity contribution is 5.73. The number of carbonyl (C=O) groups is 2. The maximum Gasteiger partial charge on any atom is 0.307 e. The summed E-state index contributed by atoms with van der Waals surface area (Å²) in [4.78, 5) is 31.4. The summed E-state index contributed by atoms with van der Waals surface area (Å²) in [6.45, 7) is 10.4. The molecule has 0 spiro atoms. The fourth-order valence-corrected chi connectivity index (χ4v) is 5.03. The van der Waals surface area contributed by atoms with Crippen LogP contribution in [-0.4, -0.2) is 36.1 Å². The molecular formula is C37H49N3O4. The minimum Gasteiger partial charge on any atom is -0.469 e. The lowest BCUT2D eigenvalue weighted by atomic mass is 9.93. The molecule has 2 aromatic carbocycles. The molecule has 7 nitrogen and oxygen atoms in total. The Morgan fingerprint density at radius 1 is 0.682 bits per heavy atom. The van der Waals surface area contributed by atoms with Crippen molar-refractivity contribution in [1.29, 1.82) is 0 Å². The Hall–Kier alpha value is -4.36. The highest BCUT2D eigenvalue weighted by atomic mass is 16.5. The van der Waals surface area contributed by atoms with Crippen LogP contribution in [0.15, 0.2) is 73.3 Å². The first-order chi connectivity index (χ1) is 20.0. The van der Waals surface area contributed by atoms with Gasteiger partial charge in [-0.1, -0.05) is 58.2 Å². The Balaban J connectivity index is 0.000000421. The number of hydrogen-bond donors (Lipinski definition) is 1. The maximum absolute atomic E-state index is 11.4. The molecule has 0 aliphatic rings.